The van der Waals surface area contributed by atoms with Crippen molar-refractivity contribution in [2.45, 2.75) is 70.4 Å². The predicted molar refractivity (Wildman–Crippen MR) is 66.7 cm³/mol. The Hall–Kier alpha value is -0.900. The van der Waals surface area contributed by atoms with Crippen LogP contribution in [0.5, 0.6) is 0 Å². The number of nitrogens with zero attached hydrogens (tertiary/aromatic N) is 3. The van der Waals surface area contributed by atoms with Gasteiger partial charge in [0, 0.05) is 13.0 Å². The number of hydrogen-bond acceptors (Lipinski definition) is 3. The fourth-order valence-corrected chi connectivity index (χ4v) is 2.68. The summed E-state index contributed by atoms with van der Waals surface area (Å²) in [5, 5.41) is 14.9. The highest BCUT2D eigenvalue weighted by molar-refractivity contribution is 4.95. The van der Waals surface area contributed by atoms with Crippen LogP contribution in [0.1, 0.15) is 57.7 Å². The average molecular weight is 237 g/mol. The molecule has 1 saturated carbocycles. The van der Waals surface area contributed by atoms with Gasteiger partial charge in [0.2, 0.25) is 0 Å². The Labute approximate surface area is 103 Å². The Kier molecular flexibility index (Phi) is 4.15. The molecule has 4 nitrogen and oxygen atoms in total. The van der Waals surface area contributed by atoms with Gasteiger partial charge in [0.15, 0.2) is 0 Å². The number of aliphatic hydroxyl groups is 1. The molecule has 0 amide bonds. The maximum atomic E-state index is 10.6. The zero-order chi connectivity index (χ0) is 12.1. The van der Waals surface area contributed by atoms with Gasteiger partial charge >= 0.3 is 0 Å². The van der Waals surface area contributed by atoms with Gasteiger partial charge in [-0.3, -0.25) is 4.68 Å². The minimum atomic E-state index is -0.547. The molecule has 0 bridgehead atoms. The smallest absolute Gasteiger partial charge is 0.138 e. The second-order valence-electron chi connectivity index (χ2n) is 5.21. The highest BCUT2D eigenvalue weighted by atomic mass is 16.3. The molecule has 17 heavy (non-hydrogen) atoms. The first-order valence-electron chi connectivity index (χ1n) is 6.82. The van der Waals surface area contributed by atoms with E-state index in [9.17, 15) is 5.11 Å². The molecule has 4 heteroatoms. The van der Waals surface area contributed by atoms with Gasteiger partial charge in [-0.15, -0.1) is 0 Å². The minimum absolute atomic E-state index is 0.547. The van der Waals surface area contributed by atoms with Crippen molar-refractivity contribution in [3.63, 3.8) is 0 Å². The number of rotatable bonds is 4. The van der Waals surface area contributed by atoms with Crippen molar-refractivity contribution in [3.8, 4) is 0 Å². The van der Waals surface area contributed by atoms with Gasteiger partial charge in [-0.25, -0.2) is 4.98 Å². The molecular formula is C13H23N3O. The van der Waals surface area contributed by atoms with E-state index in [2.05, 4.69) is 17.0 Å². The lowest BCUT2D eigenvalue weighted by Crippen LogP contribution is -2.32. The molecule has 1 aliphatic rings. The van der Waals surface area contributed by atoms with E-state index in [4.69, 9.17) is 0 Å². The Morgan fingerprint density at radius 2 is 2.00 bits per heavy atom. The normalized spacial score (nSPS) is 20.1. The van der Waals surface area contributed by atoms with Crippen LogP contribution < -0.4 is 0 Å². The van der Waals surface area contributed by atoms with Crippen molar-refractivity contribution in [1.29, 1.82) is 0 Å². The molecule has 1 heterocycles. The Bertz CT molecular complexity index is 340. The van der Waals surface area contributed by atoms with Crippen molar-refractivity contribution in [1.82, 2.24) is 14.8 Å². The van der Waals surface area contributed by atoms with Crippen LogP contribution in [0.25, 0.3) is 0 Å². The topological polar surface area (TPSA) is 50.9 Å². The lowest BCUT2D eigenvalue weighted by Gasteiger charge is -2.26. The largest absolute Gasteiger partial charge is 0.389 e. The second kappa shape index (κ2) is 5.63. The van der Waals surface area contributed by atoms with Gasteiger partial charge in [-0.1, -0.05) is 32.6 Å². The first-order valence-corrected chi connectivity index (χ1v) is 6.82. The molecule has 1 aliphatic carbocycles. The zero-order valence-electron chi connectivity index (χ0n) is 10.7. The molecule has 1 N–H and O–H groups in total. The Morgan fingerprint density at radius 1 is 1.29 bits per heavy atom. The maximum Gasteiger partial charge on any atom is 0.138 e. The molecule has 0 unspecified atom stereocenters. The van der Waals surface area contributed by atoms with Crippen LogP contribution >= 0.6 is 0 Å². The minimum Gasteiger partial charge on any atom is -0.389 e. The van der Waals surface area contributed by atoms with Crippen molar-refractivity contribution >= 4 is 0 Å². The zero-order valence-corrected chi connectivity index (χ0v) is 10.7. The molecule has 0 spiro atoms. The van der Waals surface area contributed by atoms with Crippen molar-refractivity contribution in [3.05, 3.63) is 12.2 Å². The van der Waals surface area contributed by atoms with E-state index in [0.717, 1.165) is 44.5 Å². The molecule has 96 valence electrons. The highest BCUT2D eigenvalue weighted by Gasteiger charge is 2.29. The third kappa shape index (κ3) is 3.28. The molecule has 0 aliphatic heterocycles. The SMILES string of the molecule is CCCn1ncnc1CC1(O)CCCCCC1. The summed E-state index contributed by atoms with van der Waals surface area (Å²) < 4.78 is 1.93. The fraction of sp³-hybridized carbons (Fsp3) is 0.846. The maximum absolute atomic E-state index is 10.6. The quantitative estimate of drug-likeness (QED) is 0.818. The lowest BCUT2D eigenvalue weighted by molar-refractivity contribution is 0.0223. The Morgan fingerprint density at radius 3 is 2.65 bits per heavy atom. The van der Waals surface area contributed by atoms with Gasteiger partial charge in [0.25, 0.3) is 0 Å². The molecule has 0 aromatic carbocycles. The lowest BCUT2D eigenvalue weighted by atomic mass is 9.90. The number of aromatic nitrogens is 3. The summed E-state index contributed by atoms with van der Waals surface area (Å²) in [6, 6.07) is 0. The molecule has 1 aromatic heterocycles. The van der Waals surface area contributed by atoms with Crippen LogP contribution in [0.4, 0.5) is 0 Å². The summed E-state index contributed by atoms with van der Waals surface area (Å²) in [7, 11) is 0. The molecule has 2 rings (SSSR count). The van der Waals surface area contributed by atoms with E-state index in [1.54, 1.807) is 6.33 Å². The first-order chi connectivity index (χ1) is 8.23. The highest BCUT2D eigenvalue weighted by Crippen LogP contribution is 2.29. The van der Waals surface area contributed by atoms with Crippen LogP contribution in [-0.4, -0.2) is 25.5 Å². The summed E-state index contributed by atoms with van der Waals surface area (Å²) in [4.78, 5) is 4.30. The molecular weight excluding hydrogens is 214 g/mol. The predicted octanol–water partition coefficient (Wildman–Crippen LogP) is 2.32. The van der Waals surface area contributed by atoms with E-state index in [0.29, 0.717) is 6.42 Å². The van der Waals surface area contributed by atoms with Gasteiger partial charge in [-0.2, -0.15) is 5.10 Å². The number of aryl methyl sites for hydroxylation is 1. The molecule has 0 saturated heterocycles. The van der Waals surface area contributed by atoms with E-state index in [1.807, 2.05) is 4.68 Å². The molecule has 0 atom stereocenters. The van der Waals surface area contributed by atoms with Crippen LogP contribution in [-0.2, 0) is 13.0 Å². The van der Waals surface area contributed by atoms with Gasteiger partial charge in [-0.05, 0) is 19.3 Å². The van der Waals surface area contributed by atoms with E-state index >= 15 is 0 Å². The van der Waals surface area contributed by atoms with Gasteiger partial charge in [0.05, 0.1) is 5.60 Å². The van der Waals surface area contributed by atoms with Crippen molar-refractivity contribution < 1.29 is 5.11 Å². The van der Waals surface area contributed by atoms with Gasteiger partial charge < -0.3 is 5.11 Å². The summed E-state index contributed by atoms with van der Waals surface area (Å²) >= 11 is 0. The van der Waals surface area contributed by atoms with Crippen molar-refractivity contribution in [2.24, 2.45) is 0 Å². The standard InChI is InChI=1S/C13H23N3O/c1-2-9-16-12(14-11-15-16)10-13(17)7-5-3-4-6-8-13/h11,17H,2-10H2,1H3. The van der Waals surface area contributed by atoms with Crippen LogP contribution in [0.2, 0.25) is 0 Å². The Balaban J connectivity index is 2.04. The fourth-order valence-electron chi connectivity index (χ4n) is 2.68. The summed E-state index contributed by atoms with van der Waals surface area (Å²) in [5.74, 6) is 0.941. The van der Waals surface area contributed by atoms with Gasteiger partial charge in [0.1, 0.15) is 12.2 Å². The second-order valence-corrected chi connectivity index (χ2v) is 5.21. The van der Waals surface area contributed by atoms with Crippen LogP contribution in [0.3, 0.4) is 0 Å². The average Bonchev–Trinajstić information content (AvgIpc) is 2.60. The monoisotopic (exact) mass is 237 g/mol. The first kappa shape index (κ1) is 12.6. The van der Waals surface area contributed by atoms with E-state index < -0.39 is 5.60 Å². The molecule has 1 aromatic rings. The van der Waals surface area contributed by atoms with Crippen LogP contribution in [0, 0.1) is 0 Å². The van der Waals surface area contributed by atoms with E-state index in [-0.39, 0.29) is 0 Å². The third-order valence-corrected chi connectivity index (χ3v) is 3.65. The third-order valence-electron chi connectivity index (χ3n) is 3.65. The number of hydrogen-bond donors (Lipinski definition) is 1. The van der Waals surface area contributed by atoms with E-state index in [1.165, 1.54) is 12.8 Å². The summed E-state index contributed by atoms with van der Waals surface area (Å²) in [6.07, 6.45) is 9.91. The summed E-state index contributed by atoms with van der Waals surface area (Å²) in [6.45, 7) is 3.03. The van der Waals surface area contributed by atoms with Crippen LogP contribution in [0.15, 0.2) is 6.33 Å². The summed E-state index contributed by atoms with van der Waals surface area (Å²) in [5.41, 5.74) is -0.547. The molecule has 1 fully saturated rings. The molecule has 0 radical (unpaired) electrons. The van der Waals surface area contributed by atoms with Crippen molar-refractivity contribution in [2.75, 3.05) is 0 Å².